The number of carbonyl (C=O) groups excluding carboxylic acids is 1. The summed E-state index contributed by atoms with van der Waals surface area (Å²) in [6, 6.07) is 1.84. The summed E-state index contributed by atoms with van der Waals surface area (Å²) in [7, 11) is 0. The fraction of sp³-hybridized carbons (Fsp3) is 0.533. The summed E-state index contributed by atoms with van der Waals surface area (Å²) in [5.41, 5.74) is 0.803. The number of carboxylic acids is 1. The third-order valence-corrected chi connectivity index (χ3v) is 4.04. The molecule has 0 aliphatic heterocycles. The van der Waals surface area contributed by atoms with Crippen molar-refractivity contribution in [1.29, 1.82) is 0 Å². The summed E-state index contributed by atoms with van der Waals surface area (Å²) in [6.07, 6.45) is 0.867. The first-order valence-electron chi connectivity index (χ1n) is 7.55. The van der Waals surface area contributed by atoms with Crippen LogP contribution in [0.3, 0.4) is 0 Å². The lowest BCUT2D eigenvalue weighted by Gasteiger charge is -2.30. The van der Waals surface area contributed by atoms with Gasteiger partial charge in [0.1, 0.15) is 0 Å². The summed E-state index contributed by atoms with van der Waals surface area (Å²) >= 11 is 0. The molecule has 0 saturated heterocycles. The van der Waals surface area contributed by atoms with Crippen LogP contribution in [0.25, 0.3) is 5.78 Å². The van der Waals surface area contributed by atoms with Gasteiger partial charge < -0.3 is 10.4 Å². The lowest BCUT2D eigenvalue weighted by Crippen LogP contribution is -2.49. The van der Waals surface area contributed by atoms with Crippen LogP contribution in [0.4, 0.5) is 0 Å². The zero-order valence-corrected chi connectivity index (χ0v) is 13.8. The summed E-state index contributed by atoms with van der Waals surface area (Å²) in [4.78, 5) is 31.9. The maximum Gasteiger partial charge on any atom is 0.305 e. The SMILES string of the molecule is CCC(CC)(CC(=O)O)NC(=O)c1nc2nc(C)cc(C)n2n1. The molecule has 0 bridgehead atoms. The number of aryl methyl sites for hydroxylation is 2. The van der Waals surface area contributed by atoms with Gasteiger partial charge in [-0.1, -0.05) is 13.8 Å². The molecule has 8 nitrogen and oxygen atoms in total. The summed E-state index contributed by atoms with van der Waals surface area (Å²) in [5.74, 6) is -1.10. The fourth-order valence-corrected chi connectivity index (χ4v) is 2.57. The van der Waals surface area contributed by atoms with Crippen LogP contribution in [0.1, 0.15) is 55.1 Å². The Balaban J connectivity index is 2.32. The van der Waals surface area contributed by atoms with E-state index in [-0.39, 0.29) is 12.2 Å². The highest BCUT2D eigenvalue weighted by Gasteiger charge is 2.32. The molecule has 8 heteroatoms. The molecule has 0 spiro atoms. The van der Waals surface area contributed by atoms with E-state index < -0.39 is 17.4 Å². The smallest absolute Gasteiger partial charge is 0.305 e. The number of hydrogen-bond donors (Lipinski definition) is 2. The largest absolute Gasteiger partial charge is 0.481 e. The normalized spacial score (nSPS) is 11.7. The number of nitrogens with zero attached hydrogens (tertiary/aromatic N) is 4. The molecule has 124 valence electrons. The van der Waals surface area contributed by atoms with Crippen molar-refractivity contribution in [2.45, 2.75) is 52.5 Å². The first kappa shape index (κ1) is 16.9. The van der Waals surface area contributed by atoms with Crippen LogP contribution in [0, 0.1) is 13.8 Å². The Morgan fingerprint density at radius 3 is 2.48 bits per heavy atom. The molecule has 0 aliphatic rings. The van der Waals surface area contributed by atoms with Crippen LogP contribution in [-0.4, -0.2) is 42.1 Å². The van der Waals surface area contributed by atoms with Gasteiger partial charge in [-0.25, -0.2) is 9.50 Å². The van der Waals surface area contributed by atoms with E-state index >= 15 is 0 Å². The van der Waals surface area contributed by atoms with E-state index in [1.807, 2.05) is 33.8 Å². The van der Waals surface area contributed by atoms with E-state index in [1.165, 1.54) is 4.52 Å². The van der Waals surface area contributed by atoms with Gasteiger partial charge in [0.2, 0.25) is 5.82 Å². The van der Waals surface area contributed by atoms with Crippen LogP contribution in [-0.2, 0) is 4.79 Å². The van der Waals surface area contributed by atoms with Crippen molar-refractivity contribution < 1.29 is 14.7 Å². The highest BCUT2D eigenvalue weighted by atomic mass is 16.4. The van der Waals surface area contributed by atoms with Crippen LogP contribution >= 0.6 is 0 Å². The second-order valence-corrected chi connectivity index (χ2v) is 5.70. The van der Waals surface area contributed by atoms with Crippen LogP contribution in [0.5, 0.6) is 0 Å². The van der Waals surface area contributed by atoms with Gasteiger partial charge in [-0.05, 0) is 32.8 Å². The predicted molar refractivity (Wildman–Crippen MR) is 83.3 cm³/mol. The molecule has 2 aromatic rings. The molecule has 2 rings (SSSR count). The number of aliphatic carboxylic acids is 1. The summed E-state index contributed by atoms with van der Waals surface area (Å²) < 4.78 is 1.50. The first-order valence-corrected chi connectivity index (χ1v) is 7.55. The third-order valence-electron chi connectivity index (χ3n) is 4.04. The number of hydrogen-bond acceptors (Lipinski definition) is 5. The highest BCUT2D eigenvalue weighted by molar-refractivity contribution is 5.91. The van der Waals surface area contributed by atoms with E-state index in [2.05, 4.69) is 20.4 Å². The van der Waals surface area contributed by atoms with Crippen molar-refractivity contribution in [3.63, 3.8) is 0 Å². The van der Waals surface area contributed by atoms with Crippen molar-refractivity contribution in [2.75, 3.05) is 0 Å². The number of carboxylic acid groups (broad SMARTS) is 1. The monoisotopic (exact) mass is 319 g/mol. The number of amides is 1. The molecule has 2 N–H and O–H groups in total. The molecule has 0 radical (unpaired) electrons. The molecule has 2 heterocycles. The topological polar surface area (TPSA) is 109 Å². The van der Waals surface area contributed by atoms with Gasteiger partial charge >= 0.3 is 5.97 Å². The number of fused-ring (bicyclic) bond motifs is 1. The Hall–Kier alpha value is -2.51. The molecular formula is C15H21N5O3. The average molecular weight is 319 g/mol. The molecule has 0 fully saturated rings. The Kier molecular flexibility index (Phi) is 4.63. The second-order valence-electron chi connectivity index (χ2n) is 5.70. The minimum atomic E-state index is -0.954. The van der Waals surface area contributed by atoms with Crippen LogP contribution in [0.15, 0.2) is 6.07 Å². The van der Waals surface area contributed by atoms with Crippen molar-refractivity contribution in [1.82, 2.24) is 24.9 Å². The van der Waals surface area contributed by atoms with Gasteiger partial charge in [-0.3, -0.25) is 9.59 Å². The molecule has 0 unspecified atom stereocenters. The molecule has 23 heavy (non-hydrogen) atoms. The van der Waals surface area contributed by atoms with E-state index in [4.69, 9.17) is 5.11 Å². The number of carbonyl (C=O) groups is 2. The Bertz CT molecular complexity index is 749. The molecule has 0 saturated carbocycles. The number of nitrogens with one attached hydrogen (secondary N) is 1. The van der Waals surface area contributed by atoms with Gasteiger partial charge in [0, 0.05) is 11.4 Å². The van der Waals surface area contributed by atoms with Crippen LogP contribution < -0.4 is 5.32 Å². The highest BCUT2D eigenvalue weighted by Crippen LogP contribution is 2.20. The van der Waals surface area contributed by atoms with E-state index in [9.17, 15) is 9.59 Å². The third kappa shape index (κ3) is 3.46. The van der Waals surface area contributed by atoms with Gasteiger partial charge in [0.15, 0.2) is 0 Å². The van der Waals surface area contributed by atoms with Crippen molar-refractivity contribution in [2.24, 2.45) is 0 Å². The van der Waals surface area contributed by atoms with Crippen LogP contribution in [0.2, 0.25) is 0 Å². The molecule has 0 aromatic carbocycles. The number of aromatic nitrogens is 4. The lowest BCUT2D eigenvalue weighted by molar-refractivity contribution is -0.138. The molecule has 2 aromatic heterocycles. The second kappa shape index (κ2) is 6.31. The maximum atomic E-state index is 12.5. The minimum absolute atomic E-state index is 0.0112. The Morgan fingerprint density at radius 1 is 1.26 bits per heavy atom. The summed E-state index contributed by atoms with van der Waals surface area (Å²) in [6.45, 7) is 7.39. The van der Waals surface area contributed by atoms with Gasteiger partial charge in [-0.2, -0.15) is 4.98 Å². The number of rotatable bonds is 6. The zero-order chi connectivity index (χ0) is 17.2. The average Bonchev–Trinajstić information content (AvgIpc) is 2.90. The quantitative estimate of drug-likeness (QED) is 0.835. The minimum Gasteiger partial charge on any atom is -0.481 e. The first-order chi connectivity index (χ1) is 10.8. The Labute approximate surface area is 133 Å². The Morgan fingerprint density at radius 2 is 1.91 bits per heavy atom. The van der Waals surface area contributed by atoms with Crippen molar-refractivity contribution in [3.8, 4) is 0 Å². The van der Waals surface area contributed by atoms with Crippen molar-refractivity contribution in [3.05, 3.63) is 23.3 Å². The molecule has 0 aliphatic carbocycles. The van der Waals surface area contributed by atoms with E-state index in [0.29, 0.717) is 18.6 Å². The molecule has 1 amide bonds. The van der Waals surface area contributed by atoms with E-state index in [1.54, 1.807) is 0 Å². The predicted octanol–water partition coefficient (Wildman–Crippen LogP) is 1.50. The standard InChI is InChI=1S/C15H21N5O3/c1-5-15(6-2,8-11(21)22)18-13(23)12-17-14-16-9(3)7-10(4)20(14)19-12/h7H,5-6,8H2,1-4H3,(H,18,23)(H,21,22). The molecule has 0 atom stereocenters. The van der Waals surface area contributed by atoms with Crippen molar-refractivity contribution >= 4 is 17.7 Å². The fourth-order valence-electron chi connectivity index (χ4n) is 2.57. The lowest BCUT2D eigenvalue weighted by atomic mass is 9.89. The zero-order valence-electron chi connectivity index (χ0n) is 13.8. The van der Waals surface area contributed by atoms with Gasteiger partial charge in [-0.15, -0.1) is 5.10 Å². The van der Waals surface area contributed by atoms with Gasteiger partial charge in [0.25, 0.3) is 11.7 Å². The maximum absolute atomic E-state index is 12.5. The molecular weight excluding hydrogens is 298 g/mol. The van der Waals surface area contributed by atoms with Gasteiger partial charge in [0.05, 0.1) is 12.0 Å². The van der Waals surface area contributed by atoms with E-state index in [0.717, 1.165) is 11.4 Å². The summed E-state index contributed by atoms with van der Waals surface area (Å²) in [5, 5.41) is 16.0.